The van der Waals surface area contributed by atoms with Crippen LogP contribution in [0.25, 0.3) is 11.3 Å². The lowest BCUT2D eigenvalue weighted by atomic mass is 10.1. The number of hydrogen-bond acceptors (Lipinski definition) is 4. The number of nitrogens with two attached hydrogens (primary N) is 2. The van der Waals surface area contributed by atoms with Gasteiger partial charge in [-0.15, -0.1) is 0 Å². The highest BCUT2D eigenvalue weighted by atomic mass is 16.5. The molecule has 0 spiro atoms. The first-order valence-corrected chi connectivity index (χ1v) is 4.29. The van der Waals surface area contributed by atoms with E-state index in [0.717, 1.165) is 5.56 Å². The molecule has 0 saturated carbocycles. The van der Waals surface area contributed by atoms with Crippen molar-refractivity contribution in [3.8, 4) is 11.3 Å². The minimum Gasteiger partial charge on any atom is -0.399 e. The predicted octanol–water partition coefficient (Wildman–Crippen LogP) is 1.02. The molecule has 0 radical (unpaired) electrons. The minimum absolute atomic E-state index is 0.0434. The Bertz CT molecular complexity index is 488. The van der Waals surface area contributed by atoms with Crippen LogP contribution >= 0.6 is 0 Å². The lowest BCUT2D eigenvalue weighted by Crippen LogP contribution is -2.09. The molecular formula is C10H9N3O2. The zero-order valence-electron chi connectivity index (χ0n) is 7.81. The third kappa shape index (κ3) is 1.80. The zero-order chi connectivity index (χ0) is 10.8. The van der Waals surface area contributed by atoms with Crippen LogP contribution in [0.5, 0.6) is 0 Å². The van der Waals surface area contributed by atoms with Crippen molar-refractivity contribution in [2.45, 2.75) is 0 Å². The zero-order valence-corrected chi connectivity index (χ0v) is 7.81. The van der Waals surface area contributed by atoms with Crippen LogP contribution in [0.2, 0.25) is 0 Å². The van der Waals surface area contributed by atoms with Crippen molar-refractivity contribution >= 4 is 11.6 Å². The molecule has 0 unspecified atom stereocenters. The lowest BCUT2D eigenvalue weighted by molar-refractivity contribution is 0.0965. The molecule has 0 bridgehead atoms. The summed E-state index contributed by atoms with van der Waals surface area (Å²) in [6.07, 6.45) is 0. The second-order valence-corrected chi connectivity index (χ2v) is 3.06. The summed E-state index contributed by atoms with van der Waals surface area (Å²) < 4.78 is 4.75. The fourth-order valence-electron chi connectivity index (χ4n) is 1.18. The van der Waals surface area contributed by atoms with E-state index in [1.54, 1.807) is 24.3 Å². The summed E-state index contributed by atoms with van der Waals surface area (Å²) in [4.78, 5) is 10.8. The van der Waals surface area contributed by atoms with Crippen molar-refractivity contribution in [1.82, 2.24) is 5.16 Å². The SMILES string of the molecule is NC(=O)c1cc(-c2ccc(N)cc2)no1. The van der Waals surface area contributed by atoms with Gasteiger partial charge in [0, 0.05) is 17.3 Å². The van der Waals surface area contributed by atoms with Crippen molar-refractivity contribution in [1.29, 1.82) is 0 Å². The van der Waals surface area contributed by atoms with Crippen LogP contribution in [-0.2, 0) is 0 Å². The van der Waals surface area contributed by atoms with Crippen molar-refractivity contribution in [3.05, 3.63) is 36.1 Å². The number of benzene rings is 1. The first-order valence-electron chi connectivity index (χ1n) is 4.29. The van der Waals surface area contributed by atoms with Gasteiger partial charge in [-0.3, -0.25) is 4.79 Å². The Morgan fingerprint density at radius 2 is 1.93 bits per heavy atom. The Morgan fingerprint density at radius 3 is 2.47 bits per heavy atom. The molecule has 1 heterocycles. The highest BCUT2D eigenvalue weighted by molar-refractivity contribution is 5.90. The fourth-order valence-corrected chi connectivity index (χ4v) is 1.18. The third-order valence-electron chi connectivity index (χ3n) is 1.96. The molecule has 2 aromatic rings. The van der Waals surface area contributed by atoms with Crippen LogP contribution < -0.4 is 11.5 Å². The van der Waals surface area contributed by atoms with E-state index in [9.17, 15) is 4.79 Å². The predicted molar refractivity (Wildman–Crippen MR) is 54.9 cm³/mol. The Balaban J connectivity index is 2.37. The van der Waals surface area contributed by atoms with Gasteiger partial charge < -0.3 is 16.0 Å². The highest BCUT2D eigenvalue weighted by Gasteiger charge is 2.10. The minimum atomic E-state index is -0.635. The number of aromatic nitrogens is 1. The van der Waals surface area contributed by atoms with Gasteiger partial charge in [-0.05, 0) is 12.1 Å². The summed E-state index contributed by atoms with van der Waals surface area (Å²) in [5.74, 6) is -0.592. The molecule has 5 heteroatoms. The molecule has 0 aliphatic carbocycles. The molecule has 4 N–H and O–H groups in total. The average molecular weight is 203 g/mol. The van der Waals surface area contributed by atoms with Gasteiger partial charge >= 0.3 is 0 Å². The number of carbonyl (C=O) groups is 1. The molecule has 15 heavy (non-hydrogen) atoms. The van der Waals surface area contributed by atoms with Gasteiger partial charge in [0.2, 0.25) is 5.76 Å². The molecule has 1 amide bonds. The number of nitrogens with zero attached hydrogens (tertiary/aromatic N) is 1. The summed E-state index contributed by atoms with van der Waals surface area (Å²) in [5.41, 5.74) is 12.6. The molecule has 1 aromatic carbocycles. The highest BCUT2D eigenvalue weighted by Crippen LogP contribution is 2.19. The molecule has 2 rings (SSSR count). The molecule has 1 aromatic heterocycles. The quantitative estimate of drug-likeness (QED) is 0.712. The Labute approximate surface area is 85.7 Å². The second-order valence-electron chi connectivity index (χ2n) is 3.06. The Hall–Kier alpha value is -2.30. The third-order valence-corrected chi connectivity index (χ3v) is 1.96. The van der Waals surface area contributed by atoms with Crippen LogP contribution in [-0.4, -0.2) is 11.1 Å². The number of hydrogen-bond donors (Lipinski definition) is 2. The smallest absolute Gasteiger partial charge is 0.287 e. The maximum absolute atomic E-state index is 10.8. The largest absolute Gasteiger partial charge is 0.399 e. The molecule has 0 fully saturated rings. The van der Waals surface area contributed by atoms with Crippen LogP contribution in [0.3, 0.4) is 0 Å². The summed E-state index contributed by atoms with van der Waals surface area (Å²) >= 11 is 0. The molecule has 0 atom stereocenters. The van der Waals surface area contributed by atoms with Crippen LogP contribution in [0.4, 0.5) is 5.69 Å². The van der Waals surface area contributed by atoms with E-state index < -0.39 is 5.91 Å². The first-order chi connectivity index (χ1) is 7.16. The van der Waals surface area contributed by atoms with E-state index in [0.29, 0.717) is 11.4 Å². The summed E-state index contributed by atoms with van der Waals surface area (Å²) in [6.45, 7) is 0. The second kappa shape index (κ2) is 3.45. The fraction of sp³-hybridized carbons (Fsp3) is 0. The molecule has 0 aliphatic rings. The van der Waals surface area contributed by atoms with Gasteiger partial charge in [-0.2, -0.15) is 0 Å². The number of nitrogen functional groups attached to an aromatic ring is 1. The Morgan fingerprint density at radius 1 is 1.27 bits per heavy atom. The van der Waals surface area contributed by atoms with Gasteiger partial charge in [-0.25, -0.2) is 0 Å². The standard InChI is InChI=1S/C10H9N3O2/c11-7-3-1-6(2-4-7)8-5-9(10(12)14)15-13-8/h1-5H,11H2,(H2,12,14). The molecule has 0 aliphatic heterocycles. The molecule has 5 nitrogen and oxygen atoms in total. The molecule has 0 saturated heterocycles. The van der Waals surface area contributed by atoms with Crippen LogP contribution in [0, 0.1) is 0 Å². The number of anilines is 1. The summed E-state index contributed by atoms with van der Waals surface area (Å²) in [6, 6.07) is 8.56. The van der Waals surface area contributed by atoms with E-state index in [1.165, 1.54) is 6.07 Å². The molecular weight excluding hydrogens is 194 g/mol. The van der Waals surface area contributed by atoms with Crippen molar-refractivity contribution in [2.24, 2.45) is 5.73 Å². The first kappa shape index (κ1) is 9.26. The topological polar surface area (TPSA) is 95.1 Å². The van der Waals surface area contributed by atoms with E-state index in [2.05, 4.69) is 5.16 Å². The normalized spacial score (nSPS) is 10.1. The van der Waals surface area contributed by atoms with E-state index >= 15 is 0 Å². The van der Waals surface area contributed by atoms with E-state index in [-0.39, 0.29) is 5.76 Å². The molecule has 76 valence electrons. The monoisotopic (exact) mass is 203 g/mol. The van der Waals surface area contributed by atoms with Crippen LogP contribution in [0.1, 0.15) is 10.6 Å². The van der Waals surface area contributed by atoms with Crippen molar-refractivity contribution in [3.63, 3.8) is 0 Å². The van der Waals surface area contributed by atoms with E-state index in [4.69, 9.17) is 16.0 Å². The lowest BCUT2D eigenvalue weighted by Gasteiger charge is -1.95. The Kier molecular flexibility index (Phi) is 2.13. The van der Waals surface area contributed by atoms with Gasteiger partial charge in [0.15, 0.2) is 0 Å². The average Bonchev–Trinajstić information content (AvgIpc) is 2.68. The number of rotatable bonds is 2. The number of amides is 1. The number of primary amides is 1. The van der Waals surface area contributed by atoms with Gasteiger partial charge in [0.05, 0.1) is 0 Å². The van der Waals surface area contributed by atoms with Gasteiger partial charge in [0.1, 0.15) is 5.69 Å². The summed E-state index contributed by atoms with van der Waals surface area (Å²) in [5, 5.41) is 3.72. The summed E-state index contributed by atoms with van der Waals surface area (Å²) in [7, 11) is 0. The maximum atomic E-state index is 10.8. The van der Waals surface area contributed by atoms with Gasteiger partial charge in [0.25, 0.3) is 5.91 Å². The van der Waals surface area contributed by atoms with Crippen molar-refractivity contribution in [2.75, 3.05) is 5.73 Å². The maximum Gasteiger partial charge on any atom is 0.287 e. The van der Waals surface area contributed by atoms with Crippen LogP contribution in [0.15, 0.2) is 34.9 Å². The van der Waals surface area contributed by atoms with Gasteiger partial charge in [-0.1, -0.05) is 17.3 Å². The van der Waals surface area contributed by atoms with E-state index in [1.807, 2.05) is 0 Å². The van der Waals surface area contributed by atoms with Crippen molar-refractivity contribution < 1.29 is 9.32 Å². The number of carbonyl (C=O) groups excluding carboxylic acids is 1.